The second kappa shape index (κ2) is 5.31. The number of rotatable bonds is 6. The van der Waals surface area contributed by atoms with E-state index in [2.05, 4.69) is 22.4 Å². The van der Waals surface area contributed by atoms with E-state index in [1.807, 2.05) is 0 Å². The Bertz CT molecular complexity index is 389. The summed E-state index contributed by atoms with van der Waals surface area (Å²) < 4.78 is 4.95. The molecule has 0 aromatic carbocycles. The molecule has 1 aromatic rings. The van der Waals surface area contributed by atoms with Gasteiger partial charge in [0, 0.05) is 18.2 Å². The van der Waals surface area contributed by atoms with Crippen molar-refractivity contribution in [2.24, 2.45) is 5.92 Å². The molecular weight excluding hydrogens is 218 g/mol. The summed E-state index contributed by atoms with van der Waals surface area (Å²) >= 11 is 0. The smallest absolute Gasteiger partial charge is 0.356 e. The fourth-order valence-electron chi connectivity index (χ4n) is 2.01. The highest BCUT2D eigenvalue weighted by molar-refractivity contribution is 5.88. The summed E-state index contributed by atoms with van der Waals surface area (Å²) in [6, 6.07) is 0.602. The quantitative estimate of drug-likeness (QED) is 0.735. The minimum absolute atomic E-state index is 0.329. The van der Waals surface area contributed by atoms with E-state index in [0.29, 0.717) is 24.9 Å². The van der Waals surface area contributed by atoms with Crippen LogP contribution in [0.1, 0.15) is 42.7 Å². The Kier molecular flexibility index (Phi) is 3.78. The van der Waals surface area contributed by atoms with Crippen molar-refractivity contribution in [1.82, 2.24) is 15.5 Å². The van der Waals surface area contributed by atoms with E-state index in [1.54, 1.807) is 13.1 Å². The van der Waals surface area contributed by atoms with E-state index in [0.717, 1.165) is 11.5 Å². The lowest BCUT2D eigenvalue weighted by Crippen LogP contribution is -2.19. The summed E-state index contributed by atoms with van der Waals surface area (Å²) in [5, 5.41) is 10.0. The van der Waals surface area contributed by atoms with Crippen LogP contribution in [0.5, 0.6) is 0 Å². The number of hydrogen-bond acceptors (Lipinski definition) is 4. The van der Waals surface area contributed by atoms with Crippen LogP contribution in [0.3, 0.4) is 0 Å². The van der Waals surface area contributed by atoms with Gasteiger partial charge in [-0.05, 0) is 19.3 Å². The van der Waals surface area contributed by atoms with Crippen LogP contribution in [-0.4, -0.2) is 28.8 Å². The zero-order chi connectivity index (χ0) is 12.3. The Morgan fingerprint density at radius 1 is 1.65 bits per heavy atom. The summed E-state index contributed by atoms with van der Waals surface area (Å²) in [6.07, 6.45) is 4.14. The number of H-pyrrole nitrogens is 1. The number of ether oxygens (including phenoxy) is 1. The van der Waals surface area contributed by atoms with Gasteiger partial charge < -0.3 is 10.1 Å². The maximum atomic E-state index is 11.6. The molecule has 0 radical (unpaired) electrons. The molecule has 0 saturated heterocycles. The predicted octanol–water partition coefficient (Wildman–Crippen LogP) is 1.47. The van der Waals surface area contributed by atoms with Gasteiger partial charge in [0.15, 0.2) is 0 Å². The number of carbonyl (C=O) groups is 1. The Labute approximate surface area is 101 Å². The molecule has 2 atom stereocenters. The van der Waals surface area contributed by atoms with Crippen LogP contribution < -0.4 is 5.32 Å². The van der Waals surface area contributed by atoms with Crippen molar-refractivity contribution >= 4 is 5.97 Å². The molecule has 0 bridgehead atoms. The fourth-order valence-corrected chi connectivity index (χ4v) is 2.01. The van der Waals surface area contributed by atoms with Gasteiger partial charge in [-0.2, -0.15) is 5.10 Å². The molecule has 1 saturated carbocycles. The van der Waals surface area contributed by atoms with Crippen LogP contribution in [-0.2, 0) is 11.3 Å². The zero-order valence-corrected chi connectivity index (χ0v) is 10.3. The average Bonchev–Trinajstić information content (AvgIpc) is 2.93. The van der Waals surface area contributed by atoms with Crippen molar-refractivity contribution in [3.8, 4) is 0 Å². The number of aromatic nitrogens is 2. The lowest BCUT2D eigenvalue weighted by atomic mass is 10.2. The number of nitrogens with zero attached hydrogens (tertiary/aromatic N) is 1. The van der Waals surface area contributed by atoms with Crippen molar-refractivity contribution in [1.29, 1.82) is 0 Å². The highest BCUT2D eigenvalue weighted by atomic mass is 16.5. The van der Waals surface area contributed by atoms with Gasteiger partial charge in [0.25, 0.3) is 0 Å². The van der Waals surface area contributed by atoms with Gasteiger partial charge in [-0.25, -0.2) is 4.79 Å². The lowest BCUT2D eigenvalue weighted by Gasteiger charge is -2.04. The highest BCUT2D eigenvalue weighted by Crippen LogP contribution is 2.33. The predicted molar refractivity (Wildman–Crippen MR) is 63.6 cm³/mol. The van der Waals surface area contributed by atoms with Crippen molar-refractivity contribution < 1.29 is 9.53 Å². The molecule has 1 aliphatic carbocycles. The summed E-state index contributed by atoms with van der Waals surface area (Å²) in [7, 11) is 0. The average molecular weight is 237 g/mol. The topological polar surface area (TPSA) is 67.0 Å². The number of hydrogen-bond donors (Lipinski definition) is 2. The summed E-state index contributed by atoms with van der Waals surface area (Å²) in [5.74, 6) is 0.470. The minimum Gasteiger partial charge on any atom is -0.461 e. The number of aromatic amines is 1. The van der Waals surface area contributed by atoms with Gasteiger partial charge in [-0.3, -0.25) is 5.10 Å². The molecule has 0 spiro atoms. The van der Waals surface area contributed by atoms with E-state index in [4.69, 9.17) is 4.74 Å². The Morgan fingerprint density at radius 3 is 3.12 bits per heavy atom. The molecule has 1 heterocycles. The van der Waals surface area contributed by atoms with Crippen molar-refractivity contribution in [3.05, 3.63) is 17.5 Å². The first-order valence-electron chi connectivity index (χ1n) is 6.19. The molecule has 94 valence electrons. The molecule has 0 amide bonds. The first-order valence-corrected chi connectivity index (χ1v) is 6.19. The molecule has 2 unspecified atom stereocenters. The van der Waals surface area contributed by atoms with E-state index >= 15 is 0 Å². The number of carbonyl (C=O) groups excluding carboxylic acids is 1. The summed E-state index contributed by atoms with van der Waals surface area (Å²) in [4.78, 5) is 11.6. The highest BCUT2D eigenvalue weighted by Gasteiger charge is 2.34. The third-order valence-electron chi connectivity index (χ3n) is 3.20. The maximum absolute atomic E-state index is 11.6. The third-order valence-corrected chi connectivity index (χ3v) is 3.20. The van der Waals surface area contributed by atoms with Crippen LogP contribution in [0.2, 0.25) is 0 Å². The largest absolute Gasteiger partial charge is 0.461 e. The molecule has 1 aromatic heterocycles. The van der Waals surface area contributed by atoms with E-state index in [1.165, 1.54) is 12.8 Å². The van der Waals surface area contributed by atoms with Crippen LogP contribution >= 0.6 is 0 Å². The second-order valence-corrected chi connectivity index (χ2v) is 4.38. The Morgan fingerprint density at radius 2 is 2.47 bits per heavy atom. The molecular formula is C12H19N3O2. The lowest BCUT2D eigenvalue weighted by molar-refractivity contribution is 0.0518. The molecule has 5 heteroatoms. The Hall–Kier alpha value is -1.36. The summed E-state index contributed by atoms with van der Waals surface area (Å²) in [5.41, 5.74) is 1.35. The number of nitrogens with one attached hydrogen (secondary N) is 2. The molecule has 2 N–H and O–H groups in total. The normalized spacial score (nSPS) is 22.5. The maximum Gasteiger partial charge on any atom is 0.356 e. The van der Waals surface area contributed by atoms with E-state index in [-0.39, 0.29) is 5.97 Å². The van der Waals surface area contributed by atoms with Crippen molar-refractivity contribution in [2.45, 2.75) is 39.3 Å². The van der Waals surface area contributed by atoms with E-state index in [9.17, 15) is 4.79 Å². The Balaban J connectivity index is 1.88. The van der Waals surface area contributed by atoms with Gasteiger partial charge in [0.2, 0.25) is 0 Å². The van der Waals surface area contributed by atoms with Crippen LogP contribution in [0.4, 0.5) is 0 Å². The van der Waals surface area contributed by atoms with Crippen molar-refractivity contribution in [3.63, 3.8) is 0 Å². The van der Waals surface area contributed by atoms with Crippen LogP contribution in [0.25, 0.3) is 0 Å². The zero-order valence-electron chi connectivity index (χ0n) is 10.3. The standard InChI is InChI=1S/C12H19N3O2/c1-3-8-5-10(8)13-6-9-7-14-15-11(9)12(16)17-4-2/h7-8,10,13H,3-6H2,1-2H3,(H,14,15). The molecule has 0 aliphatic heterocycles. The number of esters is 1. The minimum atomic E-state index is -0.329. The van der Waals surface area contributed by atoms with Crippen molar-refractivity contribution in [2.75, 3.05) is 6.61 Å². The van der Waals surface area contributed by atoms with E-state index < -0.39 is 0 Å². The van der Waals surface area contributed by atoms with Gasteiger partial charge >= 0.3 is 5.97 Å². The van der Waals surface area contributed by atoms with Crippen LogP contribution in [0, 0.1) is 5.92 Å². The first kappa shape index (κ1) is 12.1. The van der Waals surface area contributed by atoms with Gasteiger partial charge in [0.1, 0.15) is 5.69 Å². The third kappa shape index (κ3) is 2.85. The van der Waals surface area contributed by atoms with Gasteiger partial charge in [-0.1, -0.05) is 13.3 Å². The second-order valence-electron chi connectivity index (χ2n) is 4.38. The molecule has 5 nitrogen and oxygen atoms in total. The molecule has 1 fully saturated rings. The molecule has 1 aliphatic rings. The monoisotopic (exact) mass is 237 g/mol. The summed E-state index contributed by atoms with van der Waals surface area (Å²) in [6.45, 7) is 5.05. The van der Waals surface area contributed by atoms with Gasteiger partial charge in [0.05, 0.1) is 12.8 Å². The molecule has 2 rings (SSSR count). The fraction of sp³-hybridized carbons (Fsp3) is 0.667. The van der Waals surface area contributed by atoms with Crippen LogP contribution in [0.15, 0.2) is 6.20 Å². The first-order chi connectivity index (χ1) is 8.26. The van der Waals surface area contributed by atoms with Gasteiger partial charge in [-0.15, -0.1) is 0 Å². The SMILES string of the molecule is CCOC(=O)c1[nH]ncc1CNC1CC1CC. The molecule has 17 heavy (non-hydrogen) atoms.